The smallest absolute Gasteiger partial charge is 0.322 e. The number of nitrogens with zero attached hydrogens (tertiary/aromatic N) is 1. The Bertz CT molecular complexity index is 322. The third kappa shape index (κ3) is 2.29. The normalized spacial score (nSPS) is 29.2. The average Bonchev–Trinajstić information content (AvgIpc) is 2.50. The Morgan fingerprint density at radius 2 is 2.18 bits per heavy atom. The van der Waals surface area contributed by atoms with E-state index in [0.29, 0.717) is 19.0 Å². The van der Waals surface area contributed by atoms with Crippen molar-refractivity contribution in [1.29, 1.82) is 0 Å². The zero-order valence-corrected chi connectivity index (χ0v) is 10.6. The molecule has 3 amide bonds. The molecule has 0 bridgehead atoms. The lowest BCUT2D eigenvalue weighted by Crippen LogP contribution is -2.57. The largest absolute Gasteiger partial charge is 0.325 e. The molecule has 2 heterocycles. The van der Waals surface area contributed by atoms with Gasteiger partial charge in [0.2, 0.25) is 0 Å². The first-order valence-electron chi connectivity index (χ1n) is 6.40. The lowest BCUT2D eigenvalue weighted by molar-refractivity contribution is -0.132. The van der Waals surface area contributed by atoms with Crippen LogP contribution >= 0.6 is 0 Å². The molecule has 0 aliphatic carbocycles. The van der Waals surface area contributed by atoms with Crippen LogP contribution in [0.1, 0.15) is 33.1 Å². The number of amides is 3. The maximum absolute atomic E-state index is 12.3. The first kappa shape index (κ1) is 12.4. The lowest BCUT2D eigenvalue weighted by Gasteiger charge is -2.31. The van der Waals surface area contributed by atoms with E-state index in [9.17, 15) is 9.59 Å². The zero-order valence-electron chi connectivity index (χ0n) is 10.6. The van der Waals surface area contributed by atoms with Crippen LogP contribution < -0.4 is 10.6 Å². The Kier molecular flexibility index (Phi) is 3.38. The van der Waals surface area contributed by atoms with Crippen molar-refractivity contribution < 1.29 is 9.59 Å². The fraction of sp³-hybridized carbons (Fsp3) is 0.833. The second-order valence-electron chi connectivity index (χ2n) is 5.43. The van der Waals surface area contributed by atoms with Gasteiger partial charge in [-0.3, -0.25) is 9.69 Å². The van der Waals surface area contributed by atoms with E-state index < -0.39 is 5.54 Å². The van der Waals surface area contributed by atoms with Gasteiger partial charge in [0.05, 0.1) is 0 Å². The molecule has 2 N–H and O–H groups in total. The van der Waals surface area contributed by atoms with Gasteiger partial charge in [-0.25, -0.2) is 4.79 Å². The maximum Gasteiger partial charge on any atom is 0.325 e. The predicted molar refractivity (Wildman–Crippen MR) is 64.5 cm³/mol. The summed E-state index contributed by atoms with van der Waals surface area (Å²) in [5.74, 6) is 0.451. The summed E-state index contributed by atoms with van der Waals surface area (Å²) < 4.78 is 0. The number of hydrogen-bond acceptors (Lipinski definition) is 3. The van der Waals surface area contributed by atoms with Gasteiger partial charge in [-0.2, -0.15) is 0 Å². The number of rotatable bonds is 3. The van der Waals surface area contributed by atoms with E-state index in [1.807, 2.05) is 0 Å². The number of carbonyl (C=O) groups is 2. The quantitative estimate of drug-likeness (QED) is 0.713. The summed E-state index contributed by atoms with van der Waals surface area (Å²) in [5, 5.41) is 6.06. The second kappa shape index (κ2) is 4.64. The molecule has 0 radical (unpaired) electrons. The van der Waals surface area contributed by atoms with Crippen molar-refractivity contribution in [2.75, 3.05) is 19.6 Å². The van der Waals surface area contributed by atoms with E-state index in [0.717, 1.165) is 25.8 Å². The van der Waals surface area contributed by atoms with E-state index in [2.05, 4.69) is 24.5 Å². The Labute approximate surface area is 102 Å². The van der Waals surface area contributed by atoms with Crippen molar-refractivity contribution in [2.24, 2.45) is 5.92 Å². The molecule has 0 saturated carbocycles. The third-order valence-corrected chi connectivity index (χ3v) is 3.56. The molecule has 17 heavy (non-hydrogen) atoms. The Hall–Kier alpha value is -1.10. The van der Waals surface area contributed by atoms with Crippen molar-refractivity contribution in [3.05, 3.63) is 0 Å². The monoisotopic (exact) mass is 239 g/mol. The molecule has 2 saturated heterocycles. The van der Waals surface area contributed by atoms with Crippen LogP contribution in [-0.2, 0) is 4.79 Å². The summed E-state index contributed by atoms with van der Waals surface area (Å²) >= 11 is 0. The van der Waals surface area contributed by atoms with Crippen molar-refractivity contribution in [3.8, 4) is 0 Å². The van der Waals surface area contributed by atoms with E-state index >= 15 is 0 Å². The van der Waals surface area contributed by atoms with Gasteiger partial charge in [0.1, 0.15) is 5.54 Å². The summed E-state index contributed by atoms with van der Waals surface area (Å²) in [7, 11) is 0. The second-order valence-corrected chi connectivity index (χ2v) is 5.43. The minimum absolute atomic E-state index is 0.0460. The highest BCUT2D eigenvalue weighted by Crippen LogP contribution is 2.25. The predicted octanol–water partition coefficient (Wildman–Crippen LogP) is 0.707. The average molecular weight is 239 g/mol. The maximum atomic E-state index is 12.3. The van der Waals surface area contributed by atoms with Crippen molar-refractivity contribution in [3.63, 3.8) is 0 Å². The van der Waals surface area contributed by atoms with Crippen molar-refractivity contribution in [1.82, 2.24) is 15.5 Å². The topological polar surface area (TPSA) is 61.4 Å². The minimum atomic E-state index is -0.660. The van der Waals surface area contributed by atoms with E-state index in [4.69, 9.17) is 0 Å². The number of carbonyl (C=O) groups excluding carboxylic acids is 2. The molecule has 2 fully saturated rings. The van der Waals surface area contributed by atoms with Crippen LogP contribution in [0.15, 0.2) is 0 Å². The van der Waals surface area contributed by atoms with Crippen LogP contribution in [0.5, 0.6) is 0 Å². The standard InChI is InChI=1S/C12H21N3O2/c1-9(2)4-7-15-10(16)12(14-11(15)17)5-3-6-13-8-12/h9,13H,3-8H2,1-2H3,(H,14,17). The van der Waals surface area contributed by atoms with Crippen LogP contribution in [0.2, 0.25) is 0 Å². The number of urea groups is 1. The molecule has 5 heteroatoms. The van der Waals surface area contributed by atoms with Gasteiger partial charge in [0.15, 0.2) is 0 Å². The van der Waals surface area contributed by atoms with Crippen molar-refractivity contribution in [2.45, 2.75) is 38.6 Å². The first-order chi connectivity index (χ1) is 8.05. The van der Waals surface area contributed by atoms with Crippen LogP contribution in [0.3, 0.4) is 0 Å². The number of imide groups is 1. The highest BCUT2D eigenvalue weighted by Gasteiger charge is 2.51. The first-order valence-corrected chi connectivity index (χ1v) is 6.40. The Balaban J connectivity index is 2.05. The van der Waals surface area contributed by atoms with E-state index in [1.165, 1.54) is 4.90 Å². The number of piperidine rings is 1. The zero-order chi connectivity index (χ0) is 12.5. The van der Waals surface area contributed by atoms with Gasteiger partial charge in [0, 0.05) is 13.1 Å². The molecule has 2 rings (SSSR count). The molecule has 96 valence electrons. The minimum Gasteiger partial charge on any atom is -0.322 e. The van der Waals surface area contributed by atoms with Gasteiger partial charge in [0.25, 0.3) is 5.91 Å². The molecule has 0 aromatic carbocycles. The number of hydrogen-bond donors (Lipinski definition) is 2. The molecule has 1 unspecified atom stereocenters. The van der Waals surface area contributed by atoms with Gasteiger partial charge < -0.3 is 10.6 Å². The van der Waals surface area contributed by atoms with Gasteiger partial charge in [-0.15, -0.1) is 0 Å². The highest BCUT2D eigenvalue weighted by atomic mass is 16.2. The van der Waals surface area contributed by atoms with Crippen LogP contribution in [0, 0.1) is 5.92 Å². The molecule has 5 nitrogen and oxygen atoms in total. The van der Waals surface area contributed by atoms with Gasteiger partial charge in [-0.05, 0) is 31.7 Å². The third-order valence-electron chi connectivity index (χ3n) is 3.56. The molecule has 1 atom stereocenters. The SMILES string of the molecule is CC(C)CCN1C(=O)NC2(CCCNC2)C1=O. The molecule has 0 aromatic heterocycles. The molecular weight excluding hydrogens is 218 g/mol. The van der Waals surface area contributed by atoms with E-state index in [1.54, 1.807) is 0 Å². The fourth-order valence-corrected chi connectivity index (χ4v) is 2.46. The summed E-state index contributed by atoms with van der Waals surface area (Å²) in [6.07, 6.45) is 2.55. The highest BCUT2D eigenvalue weighted by molar-refractivity contribution is 6.07. The summed E-state index contributed by atoms with van der Waals surface area (Å²) in [6.45, 7) is 6.21. The lowest BCUT2D eigenvalue weighted by atomic mass is 9.90. The Morgan fingerprint density at radius 3 is 2.76 bits per heavy atom. The van der Waals surface area contributed by atoms with Crippen molar-refractivity contribution >= 4 is 11.9 Å². The fourth-order valence-electron chi connectivity index (χ4n) is 2.46. The number of nitrogens with one attached hydrogen (secondary N) is 2. The Morgan fingerprint density at radius 1 is 1.41 bits per heavy atom. The molecule has 2 aliphatic rings. The summed E-state index contributed by atoms with van der Waals surface area (Å²) in [4.78, 5) is 25.5. The van der Waals surface area contributed by atoms with Crippen LogP contribution in [-0.4, -0.2) is 42.0 Å². The van der Waals surface area contributed by atoms with Crippen LogP contribution in [0.25, 0.3) is 0 Å². The molecular formula is C12H21N3O2. The molecule has 2 aliphatic heterocycles. The summed E-state index contributed by atoms with van der Waals surface area (Å²) in [6, 6.07) is -0.223. The van der Waals surface area contributed by atoms with Crippen LogP contribution in [0.4, 0.5) is 4.79 Å². The molecule has 1 spiro atoms. The van der Waals surface area contributed by atoms with Gasteiger partial charge in [-0.1, -0.05) is 13.8 Å². The summed E-state index contributed by atoms with van der Waals surface area (Å²) in [5.41, 5.74) is -0.660. The van der Waals surface area contributed by atoms with Gasteiger partial charge >= 0.3 is 6.03 Å². The molecule has 0 aromatic rings. The van der Waals surface area contributed by atoms with E-state index in [-0.39, 0.29) is 11.9 Å².